The van der Waals surface area contributed by atoms with Crippen molar-refractivity contribution in [3.63, 3.8) is 0 Å². The van der Waals surface area contributed by atoms with E-state index in [1.807, 2.05) is 6.92 Å². The zero-order valence-corrected chi connectivity index (χ0v) is 9.88. The van der Waals surface area contributed by atoms with Gasteiger partial charge in [0.15, 0.2) is 0 Å². The molecule has 1 aliphatic rings. The third-order valence-electron chi connectivity index (χ3n) is 3.35. The number of carbonyl (C=O) groups excluding carboxylic acids is 1. The van der Waals surface area contributed by atoms with Gasteiger partial charge in [-0.2, -0.15) is 0 Å². The van der Waals surface area contributed by atoms with Crippen molar-refractivity contribution in [3.8, 4) is 0 Å². The Labute approximate surface area is 95.6 Å². The molecule has 0 spiro atoms. The number of carboxylic acids is 1. The lowest BCUT2D eigenvalue weighted by Crippen LogP contribution is -2.53. The van der Waals surface area contributed by atoms with Crippen LogP contribution in [0, 0.1) is 5.41 Å². The van der Waals surface area contributed by atoms with Crippen LogP contribution in [-0.4, -0.2) is 36.1 Å². The van der Waals surface area contributed by atoms with Crippen LogP contribution in [0.4, 0.5) is 0 Å². The topological polar surface area (TPSA) is 78.4 Å². The number of amides is 1. The maximum atomic E-state index is 12.1. The van der Waals surface area contributed by atoms with Crippen molar-refractivity contribution < 1.29 is 14.7 Å². The molecule has 0 bridgehead atoms. The van der Waals surface area contributed by atoms with Crippen LogP contribution in [0.15, 0.2) is 0 Å². The molecule has 0 aromatic rings. The maximum absolute atomic E-state index is 12.1. The lowest BCUT2D eigenvalue weighted by atomic mass is 9.77. The van der Waals surface area contributed by atoms with Crippen LogP contribution < -0.4 is 10.6 Å². The van der Waals surface area contributed by atoms with Gasteiger partial charge < -0.3 is 15.7 Å². The molecule has 1 rings (SSSR count). The highest BCUT2D eigenvalue weighted by atomic mass is 16.4. The van der Waals surface area contributed by atoms with E-state index in [4.69, 9.17) is 5.11 Å². The summed E-state index contributed by atoms with van der Waals surface area (Å²) in [6.45, 7) is 5.03. The Bertz CT molecular complexity index is 272. The number of aliphatic carboxylic acids is 1. The number of hydrogen-bond donors (Lipinski definition) is 3. The van der Waals surface area contributed by atoms with Gasteiger partial charge in [0.1, 0.15) is 6.04 Å². The zero-order valence-electron chi connectivity index (χ0n) is 9.88. The van der Waals surface area contributed by atoms with Crippen LogP contribution in [0.3, 0.4) is 0 Å². The summed E-state index contributed by atoms with van der Waals surface area (Å²) in [7, 11) is 0. The van der Waals surface area contributed by atoms with Crippen molar-refractivity contribution in [2.45, 2.75) is 39.2 Å². The average Bonchev–Trinajstić information content (AvgIpc) is 2.29. The van der Waals surface area contributed by atoms with Crippen LogP contribution in [0.5, 0.6) is 0 Å². The van der Waals surface area contributed by atoms with Gasteiger partial charge in [-0.25, -0.2) is 0 Å². The summed E-state index contributed by atoms with van der Waals surface area (Å²) < 4.78 is 0. The number of carbonyl (C=O) groups is 2. The highest BCUT2D eigenvalue weighted by Crippen LogP contribution is 2.30. The Morgan fingerprint density at radius 2 is 2.25 bits per heavy atom. The highest BCUT2D eigenvalue weighted by molar-refractivity contribution is 5.87. The van der Waals surface area contributed by atoms with Crippen molar-refractivity contribution >= 4 is 11.9 Å². The smallest absolute Gasteiger partial charge is 0.325 e. The monoisotopic (exact) mass is 228 g/mol. The lowest BCUT2D eigenvalue weighted by Gasteiger charge is -2.35. The molecule has 0 aromatic carbocycles. The summed E-state index contributed by atoms with van der Waals surface area (Å²) in [6, 6.07) is -0.821. The first kappa shape index (κ1) is 13.0. The summed E-state index contributed by atoms with van der Waals surface area (Å²) in [5, 5.41) is 14.5. The molecule has 92 valence electrons. The fraction of sp³-hybridized carbons (Fsp3) is 0.818. The first-order chi connectivity index (χ1) is 7.52. The molecule has 3 N–H and O–H groups in total. The van der Waals surface area contributed by atoms with Crippen molar-refractivity contribution in [1.29, 1.82) is 0 Å². The molecule has 16 heavy (non-hydrogen) atoms. The largest absolute Gasteiger partial charge is 0.480 e. The summed E-state index contributed by atoms with van der Waals surface area (Å²) >= 11 is 0. The van der Waals surface area contributed by atoms with E-state index in [1.54, 1.807) is 0 Å². The van der Waals surface area contributed by atoms with E-state index in [2.05, 4.69) is 10.6 Å². The standard InChI is InChI=1S/C11H20N2O3/c1-3-11(5-4-6-12-7-11)10(16)13-8(2)9(14)15/h8,12H,3-7H2,1-2H3,(H,13,16)(H,14,15). The highest BCUT2D eigenvalue weighted by Gasteiger charge is 2.38. The summed E-state index contributed by atoms with van der Waals surface area (Å²) in [4.78, 5) is 22.7. The molecule has 1 amide bonds. The summed E-state index contributed by atoms with van der Waals surface area (Å²) in [5.41, 5.74) is -0.429. The molecule has 1 saturated heterocycles. The van der Waals surface area contributed by atoms with Crippen LogP contribution in [0.1, 0.15) is 33.1 Å². The first-order valence-electron chi connectivity index (χ1n) is 5.76. The molecule has 2 unspecified atom stereocenters. The van der Waals surface area contributed by atoms with E-state index in [0.717, 1.165) is 25.8 Å². The van der Waals surface area contributed by atoms with E-state index >= 15 is 0 Å². The summed E-state index contributed by atoms with van der Waals surface area (Å²) in [5.74, 6) is -1.14. The predicted molar refractivity (Wildman–Crippen MR) is 60.1 cm³/mol. The molecule has 5 nitrogen and oxygen atoms in total. The fourth-order valence-electron chi connectivity index (χ4n) is 2.04. The number of piperidine rings is 1. The van der Waals surface area contributed by atoms with Crippen LogP contribution in [-0.2, 0) is 9.59 Å². The second kappa shape index (κ2) is 5.30. The minimum Gasteiger partial charge on any atom is -0.480 e. The van der Waals surface area contributed by atoms with Crippen molar-refractivity contribution in [2.75, 3.05) is 13.1 Å². The van der Waals surface area contributed by atoms with Crippen molar-refractivity contribution in [1.82, 2.24) is 10.6 Å². The van der Waals surface area contributed by atoms with E-state index < -0.39 is 17.4 Å². The van der Waals surface area contributed by atoms with Crippen LogP contribution >= 0.6 is 0 Å². The Morgan fingerprint density at radius 3 is 2.69 bits per heavy atom. The Balaban J connectivity index is 2.65. The normalized spacial score (nSPS) is 27.1. The fourth-order valence-corrected chi connectivity index (χ4v) is 2.04. The Morgan fingerprint density at radius 1 is 1.56 bits per heavy atom. The molecule has 0 aromatic heterocycles. The molecule has 1 fully saturated rings. The summed E-state index contributed by atoms with van der Waals surface area (Å²) in [6.07, 6.45) is 2.52. The third-order valence-corrected chi connectivity index (χ3v) is 3.35. The van der Waals surface area contributed by atoms with Crippen LogP contribution in [0.2, 0.25) is 0 Å². The Kier molecular flexibility index (Phi) is 4.29. The molecule has 1 aliphatic heterocycles. The van der Waals surface area contributed by atoms with E-state index in [9.17, 15) is 9.59 Å². The van der Waals surface area contributed by atoms with E-state index in [-0.39, 0.29) is 5.91 Å². The maximum Gasteiger partial charge on any atom is 0.325 e. The van der Waals surface area contributed by atoms with Gasteiger partial charge in [-0.3, -0.25) is 9.59 Å². The van der Waals surface area contributed by atoms with E-state index in [1.165, 1.54) is 6.92 Å². The molecule has 0 saturated carbocycles. The minimum absolute atomic E-state index is 0.142. The molecular weight excluding hydrogens is 208 g/mol. The van der Waals surface area contributed by atoms with E-state index in [0.29, 0.717) is 6.54 Å². The predicted octanol–water partition coefficient (Wildman–Crippen LogP) is 0.355. The van der Waals surface area contributed by atoms with Crippen molar-refractivity contribution in [2.24, 2.45) is 5.41 Å². The van der Waals surface area contributed by atoms with Gasteiger partial charge in [0.2, 0.25) is 5.91 Å². The molecule has 0 aliphatic carbocycles. The van der Waals surface area contributed by atoms with Gasteiger partial charge in [-0.05, 0) is 32.7 Å². The number of nitrogens with one attached hydrogen (secondary N) is 2. The van der Waals surface area contributed by atoms with Gasteiger partial charge in [0.25, 0.3) is 0 Å². The van der Waals surface area contributed by atoms with Gasteiger partial charge in [-0.15, -0.1) is 0 Å². The molecular formula is C11H20N2O3. The quantitative estimate of drug-likeness (QED) is 0.649. The average molecular weight is 228 g/mol. The van der Waals surface area contributed by atoms with Gasteiger partial charge in [0.05, 0.1) is 5.41 Å². The van der Waals surface area contributed by atoms with Gasteiger partial charge in [0, 0.05) is 6.54 Å². The number of hydrogen-bond acceptors (Lipinski definition) is 3. The number of carboxylic acid groups (broad SMARTS) is 1. The zero-order chi connectivity index (χ0) is 12.2. The third kappa shape index (κ3) is 2.72. The first-order valence-corrected chi connectivity index (χ1v) is 5.76. The molecule has 1 heterocycles. The minimum atomic E-state index is -0.997. The van der Waals surface area contributed by atoms with Gasteiger partial charge >= 0.3 is 5.97 Å². The SMILES string of the molecule is CCC1(C(=O)NC(C)C(=O)O)CCCNC1. The number of rotatable bonds is 4. The second-order valence-corrected chi connectivity index (χ2v) is 4.45. The van der Waals surface area contributed by atoms with Gasteiger partial charge in [-0.1, -0.05) is 6.92 Å². The Hall–Kier alpha value is -1.10. The second-order valence-electron chi connectivity index (χ2n) is 4.45. The molecule has 0 radical (unpaired) electrons. The van der Waals surface area contributed by atoms with Crippen LogP contribution in [0.25, 0.3) is 0 Å². The molecule has 2 atom stereocenters. The molecule has 5 heteroatoms. The van der Waals surface area contributed by atoms with Crippen molar-refractivity contribution in [3.05, 3.63) is 0 Å². The lowest BCUT2D eigenvalue weighted by molar-refractivity contribution is -0.143.